The third-order valence-electron chi connectivity index (χ3n) is 5.55. The zero-order valence-corrected chi connectivity index (χ0v) is 19.7. The summed E-state index contributed by atoms with van der Waals surface area (Å²) in [4.78, 5) is 39.1. The topological polar surface area (TPSA) is 162 Å². The molecule has 11 heteroatoms. The number of nitrogens with zero attached hydrogens (tertiary/aromatic N) is 4. The number of rotatable bonds is 8. The lowest BCUT2D eigenvalue weighted by Crippen LogP contribution is -2.38. The van der Waals surface area contributed by atoms with Crippen molar-refractivity contribution in [3.8, 4) is 5.75 Å². The number of ether oxygens (including phenoxy) is 1. The highest BCUT2D eigenvalue weighted by Crippen LogP contribution is 2.27. The second-order valence-electron chi connectivity index (χ2n) is 8.12. The molecule has 0 radical (unpaired) electrons. The Morgan fingerprint density at radius 1 is 1.14 bits per heavy atom. The number of hydrogen-bond donors (Lipinski definition) is 4. The number of nitrogen functional groups attached to an aromatic ring is 1. The fourth-order valence-corrected chi connectivity index (χ4v) is 3.68. The normalized spacial score (nSPS) is 10.7. The summed E-state index contributed by atoms with van der Waals surface area (Å²) in [5.74, 6) is -0.0350. The van der Waals surface area contributed by atoms with Crippen molar-refractivity contribution in [3.05, 3.63) is 77.7 Å². The van der Waals surface area contributed by atoms with Crippen LogP contribution in [0.15, 0.2) is 60.8 Å². The number of amides is 1. The fourth-order valence-electron chi connectivity index (χ4n) is 3.68. The van der Waals surface area contributed by atoms with Gasteiger partial charge in [0.15, 0.2) is 0 Å². The number of imidazole rings is 1. The van der Waals surface area contributed by atoms with Crippen molar-refractivity contribution in [2.75, 3.05) is 23.4 Å². The largest absolute Gasteiger partial charge is 0.480 e. The lowest BCUT2D eigenvalue weighted by Gasteiger charge is -2.19. The molecule has 184 valence electrons. The number of nitrogens with two attached hydrogens (primary N) is 1. The third kappa shape index (κ3) is 5.25. The molecule has 0 spiro atoms. The number of H-pyrrole nitrogens is 1. The number of aryl methyl sites for hydroxylation is 1. The maximum Gasteiger partial charge on any atom is 0.421 e. The SMILES string of the molecule is Cc1c(OC(=O)N(CC(=O)O)c2ccccn2)ccc2[nH]c(CN(C)c3ccc(C(=N)N)cc3)nc12. The van der Waals surface area contributed by atoms with Gasteiger partial charge in [-0.2, -0.15) is 0 Å². The molecule has 4 aromatic rings. The average molecular weight is 488 g/mol. The number of carbonyl (C=O) groups is 2. The van der Waals surface area contributed by atoms with Crippen molar-refractivity contribution in [2.45, 2.75) is 13.5 Å². The van der Waals surface area contributed by atoms with E-state index in [2.05, 4.69) is 15.0 Å². The Kier molecular flexibility index (Phi) is 6.81. The number of benzene rings is 2. The van der Waals surface area contributed by atoms with Crippen LogP contribution in [0.25, 0.3) is 11.0 Å². The zero-order chi connectivity index (χ0) is 25.8. The van der Waals surface area contributed by atoms with E-state index in [1.807, 2.05) is 24.1 Å². The minimum atomic E-state index is -1.19. The number of aromatic amines is 1. The van der Waals surface area contributed by atoms with E-state index in [-0.39, 0.29) is 17.4 Å². The fraction of sp³-hybridized carbons (Fsp3) is 0.160. The van der Waals surface area contributed by atoms with E-state index in [4.69, 9.17) is 15.9 Å². The van der Waals surface area contributed by atoms with E-state index in [1.54, 1.807) is 43.3 Å². The van der Waals surface area contributed by atoms with Crippen molar-refractivity contribution in [1.82, 2.24) is 15.0 Å². The molecule has 2 heterocycles. The van der Waals surface area contributed by atoms with Gasteiger partial charge in [0, 0.05) is 30.1 Å². The molecule has 0 atom stereocenters. The molecule has 11 nitrogen and oxygen atoms in total. The molecule has 0 aliphatic rings. The molecule has 0 saturated carbocycles. The van der Waals surface area contributed by atoms with Crippen molar-refractivity contribution in [3.63, 3.8) is 0 Å². The highest BCUT2D eigenvalue weighted by molar-refractivity contribution is 5.95. The van der Waals surface area contributed by atoms with Crippen LogP contribution in [-0.2, 0) is 11.3 Å². The van der Waals surface area contributed by atoms with Crippen LogP contribution in [0.4, 0.5) is 16.3 Å². The highest BCUT2D eigenvalue weighted by Gasteiger charge is 2.23. The first-order valence-corrected chi connectivity index (χ1v) is 11.0. The molecular weight excluding hydrogens is 462 g/mol. The van der Waals surface area contributed by atoms with E-state index in [0.29, 0.717) is 29.0 Å². The Bertz CT molecular complexity index is 1420. The molecule has 0 saturated heterocycles. The monoisotopic (exact) mass is 487 g/mol. The van der Waals surface area contributed by atoms with Crippen molar-refractivity contribution >= 4 is 40.4 Å². The summed E-state index contributed by atoms with van der Waals surface area (Å²) in [5, 5.41) is 16.8. The molecular formula is C25H25N7O4. The van der Waals surface area contributed by atoms with Gasteiger partial charge in [-0.1, -0.05) is 6.07 Å². The van der Waals surface area contributed by atoms with E-state index in [0.717, 1.165) is 16.1 Å². The second kappa shape index (κ2) is 10.1. The summed E-state index contributed by atoms with van der Waals surface area (Å²) in [6.45, 7) is 1.67. The molecule has 0 aliphatic carbocycles. The Hall–Kier alpha value is -4.93. The van der Waals surface area contributed by atoms with E-state index >= 15 is 0 Å². The first kappa shape index (κ1) is 24.2. The molecule has 2 aromatic carbocycles. The summed E-state index contributed by atoms with van der Waals surface area (Å²) in [5.41, 5.74) is 9.15. The van der Waals surface area contributed by atoms with Gasteiger partial charge in [0.05, 0.1) is 17.6 Å². The number of aromatic nitrogens is 3. The van der Waals surface area contributed by atoms with Crippen molar-refractivity contribution in [2.24, 2.45) is 5.73 Å². The maximum absolute atomic E-state index is 12.9. The van der Waals surface area contributed by atoms with E-state index in [1.165, 1.54) is 12.3 Å². The van der Waals surface area contributed by atoms with Crippen molar-refractivity contribution < 1.29 is 19.4 Å². The first-order valence-electron chi connectivity index (χ1n) is 11.0. The number of amidine groups is 1. The minimum absolute atomic E-state index is 0.0135. The second-order valence-corrected chi connectivity index (χ2v) is 8.12. The number of pyridine rings is 1. The standard InChI is InChI=1S/C25H25N7O4/c1-15-19(36-25(35)32(14-22(33)34)21-5-3-4-12-28-21)11-10-18-23(15)30-20(29-18)13-31(2)17-8-6-16(7-9-17)24(26)27/h3-12H,13-14H2,1-2H3,(H3,26,27)(H,29,30)(H,33,34). The van der Waals surface area contributed by atoms with Gasteiger partial charge in [-0.3, -0.25) is 10.2 Å². The van der Waals surface area contributed by atoms with Crippen LogP contribution in [0.2, 0.25) is 0 Å². The predicted molar refractivity (Wildman–Crippen MR) is 136 cm³/mol. The molecule has 2 aromatic heterocycles. The van der Waals surface area contributed by atoms with Crippen LogP contribution >= 0.6 is 0 Å². The van der Waals surface area contributed by atoms with Crippen LogP contribution in [0.1, 0.15) is 17.0 Å². The number of carboxylic acid groups (broad SMARTS) is 1. The van der Waals surface area contributed by atoms with Crippen LogP contribution in [0, 0.1) is 12.3 Å². The van der Waals surface area contributed by atoms with Crippen LogP contribution in [0.3, 0.4) is 0 Å². The molecule has 36 heavy (non-hydrogen) atoms. The lowest BCUT2D eigenvalue weighted by atomic mass is 10.2. The van der Waals surface area contributed by atoms with Gasteiger partial charge in [-0.25, -0.2) is 19.7 Å². The molecule has 0 unspecified atom stereocenters. The summed E-state index contributed by atoms with van der Waals surface area (Å²) in [6, 6.07) is 15.6. The van der Waals surface area contributed by atoms with Crippen LogP contribution < -0.4 is 20.3 Å². The molecule has 1 amide bonds. The number of nitrogens with one attached hydrogen (secondary N) is 2. The molecule has 4 rings (SSSR count). The number of aliphatic carboxylic acids is 1. The summed E-state index contributed by atoms with van der Waals surface area (Å²) < 4.78 is 5.55. The number of hydrogen-bond acceptors (Lipinski definition) is 7. The predicted octanol–water partition coefficient (Wildman–Crippen LogP) is 3.28. The maximum atomic E-state index is 12.9. The van der Waals surface area contributed by atoms with Gasteiger partial charge >= 0.3 is 12.1 Å². The van der Waals surface area contributed by atoms with Gasteiger partial charge in [0.25, 0.3) is 0 Å². The number of carboxylic acids is 1. The quantitative estimate of drug-likeness (QED) is 0.217. The van der Waals surface area contributed by atoms with Gasteiger partial charge in [0.1, 0.15) is 29.8 Å². The third-order valence-corrected chi connectivity index (χ3v) is 5.55. The van der Waals surface area contributed by atoms with Crippen LogP contribution in [0.5, 0.6) is 5.75 Å². The minimum Gasteiger partial charge on any atom is -0.480 e. The van der Waals surface area contributed by atoms with Crippen molar-refractivity contribution in [1.29, 1.82) is 5.41 Å². The van der Waals surface area contributed by atoms with Gasteiger partial charge in [0.2, 0.25) is 0 Å². The lowest BCUT2D eigenvalue weighted by molar-refractivity contribution is -0.135. The number of anilines is 2. The Labute approximate surface area is 206 Å². The first-order chi connectivity index (χ1) is 17.2. The van der Waals surface area contributed by atoms with E-state index in [9.17, 15) is 14.7 Å². The Morgan fingerprint density at radius 3 is 2.53 bits per heavy atom. The van der Waals surface area contributed by atoms with Crippen LogP contribution in [-0.4, -0.2) is 51.5 Å². The van der Waals surface area contributed by atoms with Gasteiger partial charge in [-0.05, 0) is 55.5 Å². The number of carbonyl (C=O) groups excluding carboxylic acids is 1. The summed E-state index contributed by atoms with van der Waals surface area (Å²) >= 11 is 0. The Morgan fingerprint density at radius 2 is 1.89 bits per heavy atom. The summed E-state index contributed by atoms with van der Waals surface area (Å²) in [6.07, 6.45) is 0.609. The van der Waals surface area contributed by atoms with Gasteiger partial charge in [-0.15, -0.1) is 0 Å². The average Bonchev–Trinajstić information content (AvgIpc) is 3.28. The highest BCUT2D eigenvalue weighted by atomic mass is 16.6. The zero-order valence-electron chi connectivity index (χ0n) is 19.7. The number of fused-ring (bicyclic) bond motifs is 1. The smallest absolute Gasteiger partial charge is 0.421 e. The molecule has 0 fully saturated rings. The van der Waals surface area contributed by atoms with E-state index < -0.39 is 18.6 Å². The molecule has 5 N–H and O–H groups in total. The Balaban J connectivity index is 1.53. The molecule has 0 aliphatic heterocycles. The molecule has 0 bridgehead atoms. The van der Waals surface area contributed by atoms with Gasteiger partial charge < -0.3 is 25.5 Å². The summed E-state index contributed by atoms with van der Waals surface area (Å²) in [7, 11) is 1.92.